The van der Waals surface area contributed by atoms with Gasteiger partial charge in [-0.2, -0.15) is 0 Å². The van der Waals surface area contributed by atoms with Gasteiger partial charge in [0.2, 0.25) is 5.62 Å². The lowest BCUT2D eigenvalue weighted by Crippen LogP contribution is -3.00. The zero-order chi connectivity index (χ0) is 18.0. The van der Waals surface area contributed by atoms with Crippen molar-refractivity contribution in [3.05, 3.63) is 82.5 Å². The lowest BCUT2D eigenvalue weighted by Gasteiger charge is -2.04. The molecule has 26 heavy (non-hydrogen) atoms. The Labute approximate surface area is 159 Å². The number of hydrogen-bond acceptors (Lipinski definition) is 4. The fourth-order valence-corrected chi connectivity index (χ4v) is 2.80. The third kappa shape index (κ3) is 3.50. The Balaban J connectivity index is 0.00000243. The fraction of sp³-hybridized carbons (Fsp3) is 0.111. The van der Waals surface area contributed by atoms with Gasteiger partial charge in [-0.3, -0.25) is 20.3 Å². The van der Waals surface area contributed by atoms with Gasteiger partial charge in [-0.1, -0.05) is 30.3 Å². The molecule has 3 aromatic rings. The molecule has 0 amide bonds. The number of Topliss-reactive ketones (excluding diaryl/α,β-unsaturated/α-hetero) is 1. The minimum absolute atomic E-state index is 0. The molecule has 2 aromatic carbocycles. The van der Waals surface area contributed by atoms with Crippen molar-refractivity contribution >= 4 is 22.5 Å². The summed E-state index contributed by atoms with van der Waals surface area (Å²) in [5, 5.41) is 19.2. The highest BCUT2D eigenvalue weighted by Gasteiger charge is 2.16. The van der Waals surface area contributed by atoms with Gasteiger partial charge in [-0.05, 0) is 12.1 Å². The first-order valence-corrected chi connectivity index (χ1v) is 7.64. The van der Waals surface area contributed by atoms with Crippen molar-refractivity contribution < 1.29 is 26.7 Å². The SMILES string of the molecule is C=CCn1c(=N)n(CC(=O)c2cccc([N+](=O)[O-])c2)c2ccccc21.[Br-]. The Kier molecular flexibility index (Phi) is 5.89. The van der Waals surface area contributed by atoms with Gasteiger partial charge in [0.25, 0.3) is 5.69 Å². The number of rotatable bonds is 6. The molecule has 0 unspecified atom stereocenters. The van der Waals surface area contributed by atoms with E-state index in [0.29, 0.717) is 6.54 Å². The number of benzene rings is 2. The maximum atomic E-state index is 12.6. The molecule has 0 fully saturated rings. The smallest absolute Gasteiger partial charge is 0.270 e. The van der Waals surface area contributed by atoms with Crippen LogP contribution in [0.1, 0.15) is 10.4 Å². The van der Waals surface area contributed by atoms with E-state index in [0.717, 1.165) is 11.0 Å². The summed E-state index contributed by atoms with van der Waals surface area (Å²) in [6.07, 6.45) is 1.69. The molecule has 0 atom stereocenters. The maximum Gasteiger partial charge on any atom is 0.270 e. The molecule has 1 heterocycles. The van der Waals surface area contributed by atoms with Crippen LogP contribution in [0.2, 0.25) is 0 Å². The third-order valence-corrected chi connectivity index (χ3v) is 3.97. The third-order valence-electron chi connectivity index (χ3n) is 3.97. The van der Waals surface area contributed by atoms with Crippen LogP contribution in [0.25, 0.3) is 11.0 Å². The number of nitrogens with zero attached hydrogens (tertiary/aromatic N) is 3. The van der Waals surface area contributed by atoms with Gasteiger partial charge < -0.3 is 26.1 Å². The molecule has 1 aromatic heterocycles. The molecule has 134 valence electrons. The zero-order valence-corrected chi connectivity index (χ0v) is 15.3. The zero-order valence-electron chi connectivity index (χ0n) is 13.8. The largest absolute Gasteiger partial charge is 1.00 e. The summed E-state index contributed by atoms with van der Waals surface area (Å²) < 4.78 is 3.35. The van der Waals surface area contributed by atoms with Gasteiger partial charge in [0.15, 0.2) is 5.78 Å². The van der Waals surface area contributed by atoms with E-state index in [4.69, 9.17) is 5.41 Å². The van der Waals surface area contributed by atoms with E-state index in [1.54, 1.807) is 21.3 Å². The van der Waals surface area contributed by atoms with E-state index >= 15 is 0 Å². The molecule has 7 nitrogen and oxygen atoms in total. The van der Waals surface area contributed by atoms with Gasteiger partial charge in [0, 0.05) is 24.2 Å². The monoisotopic (exact) mass is 415 g/mol. The van der Waals surface area contributed by atoms with Crippen LogP contribution in [0.15, 0.2) is 61.2 Å². The van der Waals surface area contributed by atoms with Crippen molar-refractivity contribution in [3.63, 3.8) is 0 Å². The first-order chi connectivity index (χ1) is 12.0. The lowest BCUT2D eigenvalue weighted by atomic mass is 10.1. The highest BCUT2D eigenvalue weighted by Crippen LogP contribution is 2.16. The van der Waals surface area contributed by atoms with Gasteiger partial charge in [-0.25, -0.2) is 0 Å². The summed E-state index contributed by atoms with van der Waals surface area (Å²) in [4.78, 5) is 22.9. The number of para-hydroxylation sites is 2. The summed E-state index contributed by atoms with van der Waals surface area (Å²) in [6, 6.07) is 13.1. The average molecular weight is 416 g/mol. The van der Waals surface area contributed by atoms with Crippen LogP contribution in [-0.2, 0) is 13.1 Å². The predicted octanol–water partition coefficient (Wildman–Crippen LogP) is -0.0966. The molecule has 8 heteroatoms. The topological polar surface area (TPSA) is 93.9 Å². The maximum absolute atomic E-state index is 12.6. The van der Waals surface area contributed by atoms with E-state index in [9.17, 15) is 14.9 Å². The molecule has 0 saturated carbocycles. The van der Waals surface area contributed by atoms with Gasteiger partial charge in [0.1, 0.15) is 0 Å². The second kappa shape index (κ2) is 7.92. The van der Waals surface area contributed by atoms with Crippen molar-refractivity contribution in [2.75, 3.05) is 0 Å². The second-order valence-corrected chi connectivity index (χ2v) is 5.53. The van der Waals surface area contributed by atoms with E-state index in [2.05, 4.69) is 6.58 Å². The van der Waals surface area contributed by atoms with E-state index < -0.39 is 4.92 Å². The normalized spacial score (nSPS) is 10.3. The number of allylic oxidation sites excluding steroid dienone is 1. The Bertz CT molecular complexity index is 1050. The minimum Gasteiger partial charge on any atom is -1.00 e. The van der Waals surface area contributed by atoms with Crippen LogP contribution >= 0.6 is 0 Å². The van der Waals surface area contributed by atoms with Crippen LogP contribution in [0.5, 0.6) is 0 Å². The first kappa shape index (κ1) is 19.3. The van der Waals surface area contributed by atoms with Crippen molar-refractivity contribution in [3.8, 4) is 0 Å². The van der Waals surface area contributed by atoms with E-state index in [-0.39, 0.29) is 46.2 Å². The number of ketones is 1. The van der Waals surface area contributed by atoms with Crippen LogP contribution in [0.3, 0.4) is 0 Å². The standard InChI is InChI=1S/C18H16N4O3.BrH/c1-2-10-20-15-8-3-4-9-16(15)21(18(20)19)12-17(23)13-6-5-7-14(11-13)22(24)25;/h2-9,11,19H,1,10,12H2;1H/p-1. The number of fused-ring (bicyclic) bond motifs is 1. The van der Waals surface area contributed by atoms with Crippen LogP contribution < -0.4 is 22.6 Å². The molecular formula is C18H16BrN4O3-. The Hall–Kier alpha value is -3.00. The summed E-state index contributed by atoms with van der Waals surface area (Å²) >= 11 is 0. The number of imidazole rings is 1. The molecule has 1 N–H and O–H groups in total. The Morgan fingerprint density at radius 3 is 2.42 bits per heavy atom. The number of carbonyl (C=O) groups excluding carboxylic acids is 1. The predicted molar refractivity (Wildman–Crippen MR) is 93.4 cm³/mol. The number of carbonyl (C=O) groups is 1. The number of halogens is 1. The van der Waals surface area contributed by atoms with Crippen molar-refractivity contribution in [2.24, 2.45) is 0 Å². The second-order valence-electron chi connectivity index (χ2n) is 5.53. The Morgan fingerprint density at radius 2 is 1.81 bits per heavy atom. The van der Waals surface area contributed by atoms with Crippen molar-refractivity contribution in [1.82, 2.24) is 9.13 Å². The molecule has 0 aliphatic rings. The lowest BCUT2D eigenvalue weighted by molar-refractivity contribution is -0.384. The summed E-state index contributed by atoms with van der Waals surface area (Å²) in [6.45, 7) is 4.09. The fourth-order valence-electron chi connectivity index (χ4n) is 2.80. The van der Waals surface area contributed by atoms with Crippen LogP contribution in [0, 0.1) is 15.5 Å². The summed E-state index contributed by atoms with van der Waals surface area (Å²) in [5.41, 5.74) is 1.89. The van der Waals surface area contributed by atoms with Crippen molar-refractivity contribution in [2.45, 2.75) is 13.1 Å². The van der Waals surface area contributed by atoms with Crippen LogP contribution in [0.4, 0.5) is 5.69 Å². The number of nitrogens with one attached hydrogen (secondary N) is 1. The first-order valence-electron chi connectivity index (χ1n) is 7.64. The minimum atomic E-state index is -0.532. The molecular weight excluding hydrogens is 400 g/mol. The molecule has 0 spiro atoms. The highest BCUT2D eigenvalue weighted by molar-refractivity contribution is 5.97. The molecule has 0 radical (unpaired) electrons. The highest BCUT2D eigenvalue weighted by atomic mass is 79.9. The molecule has 3 rings (SSSR count). The van der Waals surface area contributed by atoms with E-state index in [1.165, 1.54) is 18.2 Å². The summed E-state index contributed by atoms with van der Waals surface area (Å²) in [7, 11) is 0. The molecule has 0 saturated heterocycles. The van der Waals surface area contributed by atoms with E-state index in [1.807, 2.05) is 24.3 Å². The number of aromatic nitrogens is 2. The molecule has 0 bridgehead atoms. The van der Waals surface area contributed by atoms with Gasteiger partial charge >= 0.3 is 0 Å². The average Bonchev–Trinajstić information content (AvgIpc) is 2.88. The molecule has 0 aliphatic heterocycles. The van der Waals surface area contributed by atoms with Crippen LogP contribution in [-0.4, -0.2) is 19.8 Å². The number of nitro groups is 1. The quantitative estimate of drug-likeness (QED) is 0.263. The number of hydrogen-bond donors (Lipinski definition) is 1. The van der Waals surface area contributed by atoms with Crippen molar-refractivity contribution in [1.29, 1.82) is 5.41 Å². The molecule has 0 aliphatic carbocycles. The Morgan fingerprint density at radius 1 is 1.15 bits per heavy atom. The number of nitro benzene ring substituents is 1. The van der Waals surface area contributed by atoms with Gasteiger partial charge in [0.05, 0.1) is 22.5 Å². The summed E-state index contributed by atoms with van der Waals surface area (Å²) in [5.74, 6) is -0.288. The van der Waals surface area contributed by atoms with Gasteiger partial charge in [-0.15, -0.1) is 6.58 Å². The number of non-ortho nitro benzene ring substituents is 1.